The summed E-state index contributed by atoms with van der Waals surface area (Å²) in [6, 6.07) is 3.95. The molecule has 2 heterocycles. The van der Waals surface area contributed by atoms with E-state index < -0.39 is 0 Å². The van der Waals surface area contributed by atoms with Crippen LogP contribution in [0.1, 0.15) is 17.3 Å². The minimum absolute atomic E-state index is 0.0928. The van der Waals surface area contributed by atoms with Crippen LogP contribution in [-0.2, 0) is 6.42 Å². The van der Waals surface area contributed by atoms with Gasteiger partial charge in [-0.15, -0.1) is 0 Å². The lowest BCUT2D eigenvalue weighted by Crippen LogP contribution is -2.20. The fourth-order valence-electron chi connectivity index (χ4n) is 1.69. The molecule has 1 atom stereocenters. The van der Waals surface area contributed by atoms with Crippen molar-refractivity contribution in [3.05, 3.63) is 48.2 Å². The number of rotatable bonds is 4. The number of aromatic nitrogens is 3. The van der Waals surface area contributed by atoms with Crippen molar-refractivity contribution in [1.82, 2.24) is 20.3 Å². The Morgan fingerprint density at radius 1 is 1.29 bits per heavy atom. The molecule has 2 rings (SSSR count). The molecule has 5 heteroatoms. The Labute approximate surface area is 100 Å². The second-order valence-corrected chi connectivity index (χ2v) is 3.72. The minimum atomic E-state index is 0.0928. The average molecular weight is 229 g/mol. The number of likely N-dealkylation sites (N-methyl/N-ethyl adjacent to an activating group) is 1. The Kier molecular flexibility index (Phi) is 3.62. The summed E-state index contributed by atoms with van der Waals surface area (Å²) >= 11 is 0. The van der Waals surface area contributed by atoms with E-state index in [1.165, 1.54) is 0 Å². The van der Waals surface area contributed by atoms with Gasteiger partial charge < -0.3 is 11.1 Å². The summed E-state index contributed by atoms with van der Waals surface area (Å²) in [5, 5.41) is 3.21. The number of hydrogen-bond acceptors (Lipinski definition) is 5. The van der Waals surface area contributed by atoms with Crippen LogP contribution in [-0.4, -0.2) is 22.0 Å². The first-order valence-corrected chi connectivity index (χ1v) is 5.44. The molecule has 3 N–H and O–H groups in total. The van der Waals surface area contributed by atoms with Crippen molar-refractivity contribution in [3.63, 3.8) is 0 Å². The van der Waals surface area contributed by atoms with Crippen LogP contribution in [0.15, 0.2) is 36.9 Å². The van der Waals surface area contributed by atoms with E-state index in [9.17, 15) is 0 Å². The Morgan fingerprint density at radius 2 is 2.18 bits per heavy atom. The molecular formula is C12H15N5. The minimum Gasteiger partial charge on any atom is -0.383 e. The van der Waals surface area contributed by atoms with E-state index in [4.69, 9.17) is 5.73 Å². The molecule has 5 nitrogen and oxygen atoms in total. The highest BCUT2D eigenvalue weighted by molar-refractivity contribution is 5.39. The van der Waals surface area contributed by atoms with Gasteiger partial charge in [-0.1, -0.05) is 6.07 Å². The van der Waals surface area contributed by atoms with Gasteiger partial charge in [-0.25, -0.2) is 4.98 Å². The van der Waals surface area contributed by atoms with Crippen molar-refractivity contribution in [1.29, 1.82) is 0 Å². The van der Waals surface area contributed by atoms with Gasteiger partial charge in [-0.05, 0) is 25.1 Å². The van der Waals surface area contributed by atoms with Gasteiger partial charge in [0.25, 0.3) is 0 Å². The highest BCUT2D eigenvalue weighted by Gasteiger charge is 2.13. The third kappa shape index (κ3) is 2.76. The molecule has 1 unspecified atom stereocenters. The summed E-state index contributed by atoms with van der Waals surface area (Å²) in [6.45, 7) is 0. The van der Waals surface area contributed by atoms with Gasteiger partial charge in [0.1, 0.15) is 5.82 Å². The van der Waals surface area contributed by atoms with Crippen molar-refractivity contribution >= 4 is 5.82 Å². The third-order valence-electron chi connectivity index (χ3n) is 2.64. The van der Waals surface area contributed by atoms with E-state index in [2.05, 4.69) is 20.3 Å². The smallest absolute Gasteiger partial charge is 0.126 e. The number of nitrogens with two attached hydrogens (primary N) is 1. The Bertz CT molecular complexity index is 471. The standard InChI is InChI=1S/C12H15N5/c1-14-10(11-8-15-5-6-16-11)7-9-3-2-4-17-12(9)13/h2-6,8,10,14H,7H2,1H3,(H2,13,17). The lowest BCUT2D eigenvalue weighted by atomic mass is 10.0. The summed E-state index contributed by atoms with van der Waals surface area (Å²) < 4.78 is 0. The van der Waals surface area contributed by atoms with Gasteiger partial charge in [-0.3, -0.25) is 9.97 Å². The summed E-state index contributed by atoms with van der Waals surface area (Å²) in [7, 11) is 1.89. The number of anilines is 1. The van der Waals surface area contributed by atoms with Gasteiger partial charge in [0, 0.05) is 24.8 Å². The molecule has 2 aromatic heterocycles. The molecule has 0 fully saturated rings. The number of pyridine rings is 1. The van der Waals surface area contributed by atoms with Crippen molar-refractivity contribution in [2.75, 3.05) is 12.8 Å². The molecule has 0 aliphatic heterocycles. The van der Waals surface area contributed by atoms with E-state index in [1.807, 2.05) is 19.2 Å². The number of nitrogens with one attached hydrogen (secondary N) is 1. The molecule has 0 aromatic carbocycles. The zero-order chi connectivity index (χ0) is 12.1. The van der Waals surface area contributed by atoms with Crippen molar-refractivity contribution in [2.45, 2.75) is 12.5 Å². The third-order valence-corrected chi connectivity index (χ3v) is 2.64. The molecule has 17 heavy (non-hydrogen) atoms. The van der Waals surface area contributed by atoms with Crippen molar-refractivity contribution < 1.29 is 0 Å². The second-order valence-electron chi connectivity index (χ2n) is 3.72. The molecule has 0 aliphatic rings. The van der Waals surface area contributed by atoms with Gasteiger partial charge >= 0.3 is 0 Å². The van der Waals surface area contributed by atoms with Crippen LogP contribution in [0.25, 0.3) is 0 Å². The predicted molar refractivity (Wildman–Crippen MR) is 66.2 cm³/mol. The van der Waals surface area contributed by atoms with E-state index in [-0.39, 0.29) is 6.04 Å². The van der Waals surface area contributed by atoms with Gasteiger partial charge in [0.15, 0.2) is 0 Å². The highest BCUT2D eigenvalue weighted by atomic mass is 14.9. The molecule has 0 bridgehead atoms. The summed E-state index contributed by atoms with van der Waals surface area (Å²) in [5.41, 5.74) is 7.74. The molecule has 0 spiro atoms. The average Bonchev–Trinajstić information content (AvgIpc) is 2.39. The lowest BCUT2D eigenvalue weighted by Gasteiger charge is -2.15. The Hall–Kier alpha value is -2.01. The SMILES string of the molecule is CNC(Cc1cccnc1N)c1cnccn1. The van der Waals surface area contributed by atoms with E-state index in [1.54, 1.807) is 24.8 Å². The lowest BCUT2D eigenvalue weighted by molar-refractivity contribution is 0.573. The molecule has 2 aromatic rings. The first-order chi connectivity index (χ1) is 8.31. The van der Waals surface area contributed by atoms with Crippen LogP contribution in [0.4, 0.5) is 5.82 Å². The number of hydrogen-bond donors (Lipinski definition) is 2. The summed E-state index contributed by atoms with van der Waals surface area (Å²) in [4.78, 5) is 12.4. The highest BCUT2D eigenvalue weighted by Crippen LogP contribution is 2.18. The van der Waals surface area contributed by atoms with E-state index >= 15 is 0 Å². The monoisotopic (exact) mass is 229 g/mol. The largest absolute Gasteiger partial charge is 0.383 e. The Morgan fingerprint density at radius 3 is 2.82 bits per heavy atom. The molecule has 0 saturated carbocycles. The molecule has 88 valence electrons. The zero-order valence-corrected chi connectivity index (χ0v) is 9.67. The van der Waals surface area contributed by atoms with Crippen molar-refractivity contribution in [3.8, 4) is 0 Å². The van der Waals surface area contributed by atoms with E-state index in [0.29, 0.717) is 5.82 Å². The molecule has 0 amide bonds. The van der Waals surface area contributed by atoms with Gasteiger partial charge in [-0.2, -0.15) is 0 Å². The second kappa shape index (κ2) is 5.36. The molecular weight excluding hydrogens is 214 g/mol. The van der Waals surface area contributed by atoms with Crippen LogP contribution >= 0.6 is 0 Å². The van der Waals surface area contributed by atoms with E-state index in [0.717, 1.165) is 17.7 Å². The van der Waals surface area contributed by atoms with Crippen LogP contribution in [0, 0.1) is 0 Å². The van der Waals surface area contributed by atoms with Crippen molar-refractivity contribution in [2.24, 2.45) is 0 Å². The maximum absolute atomic E-state index is 5.83. The molecule has 0 saturated heterocycles. The molecule has 0 radical (unpaired) electrons. The topological polar surface area (TPSA) is 76.7 Å². The quantitative estimate of drug-likeness (QED) is 0.816. The predicted octanol–water partition coefficient (Wildman–Crippen LogP) is 0.957. The normalized spacial score (nSPS) is 12.3. The zero-order valence-electron chi connectivity index (χ0n) is 9.67. The molecule has 0 aliphatic carbocycles. The van der Waals surface area contributed by atoms with Gasteiger partial charge in [0.2, 0.25) is 0 Å². The van der Waals surface area contributed by atoms with Crippen LogP contribution < -0.4 is 11.1 Å². The van der Waals surface area contributed by atoms with Gasteiger partial charge in [0.05, 0.1) is 11.7 Å². The summed E-state index contributed by atoms with van der Waals surface area (Å²) in [5.74, 6) is 0.566. The maximum atomic E-state index is 5.83. The Balaban J connectivity index is 2.19. The fourth-order valence-corrected chi connectivity index (χ4v) is 1.69. The first-order valence-electron chi connectivity index (χ1n) is 5.44. The number of nitrogen functional groups attached to an aromatic ring is 1. The number of nitrogens with zero attached hydrogens (tertiary/aromatic N) is 3. The van der Waals surface area contributed by atoms with Crippen LogP contribution in [0.2, 0.25) is 0 Å². The van der Waals surface area contributed by atoms with Crippen LogP contribution in [0.5, 0.6) is 0 Å². The maximum Gasteiger partial charge on any atom is 0.126 e. The first kappa shape index (κ1) is 11.5. The fraction of sp³-hybridized carbons (Fsp3) is 0.250. The van der Waals surface area contributed by atoms with Crippen LogP contribution in [0.3, 0.4) is 0 Å². The summed E-state index contributed by atoms with van der Waals surface area (Å²) in [6.07, 6.45) is 7.54.